The maximum Gasteiger partial charge on any atom is 0.210 e. The van der Waals surface area contributed by atoms with Crippen molar-refractivity contribution in [3.8, 4) is 5.75 Å². The van der Waals surface area contributed by atoms with Gasteiger partial charge in [0.1, 0.15) is 11.6 Å². The molecule has 7 nitrogen and oxygen atoms in total. The van der Waals surface area contributed by atoms with E-state index < -0.39 is 27.7 Å². The number of carbonyl (C=O) groups excluding carboxylic acids is 2. The molecular weight excluding hydrogens is 447 g/mol. The molecule has 0 aromatic heterocycles. The zero-order chi connectivity index (χ0) is 24.3. The number of hydrogen-bond acceptors (Lipinski definition) is 6. The zero-order valence-electron chi connectivity index (χ0n) is 19.0. The molecular formula is C24H29FN2O5S. The Kier molecular flexibility index (Phi) is 7.66. The number of likely N-dealkylation sites (N-methyl/N-ethyl adjacent to an activating group) is 1. The molecule has 9 heteroatoms. The Balaban J connectivity index is 1.86. The van der Waals surface area contributed by atoms with Crippen LogP contribution in [0.1, 0.15) is 32.7 Å². The van der Waals surface area contributed by atoms with Crippen molar-refractivity contribution in [1.29, 1.82) is 0 Å². The number of carbonyl (C=O) groups is 2. The molecule has 0 aliphatic carbocycles. The van der Waals surface area contributed by atoms with Gasteiger partial charge in [0.25, 0.3) is 0 Å². The summed E-state index contributed by atoms with van der Waals surface area (Å²) in [5, 5.41) is 9.76. The summed E-state index contributed by atoms with van der Waals surface area (Å²) >= 11 is 0. The van der Waals surface area contributed by atoms with Gasteiger partial charge in [-0.25, -0.2) is 17.1 Å². The molecule has 2 atom stereocenters. The predicted molar refractivity (Wildman–Crippen MR) is 123 cm³/mol. The number of nitrogens with zero attached hydrogens (tertiary/aromatic N) is 2. The number of piperidine rings is 1. The smallest absolute Gasteiger partial charge is 0.210 e. The Hall–Kier alpha value is -2.62. The number of halogens is 1. The highest BCUT2D eigenvalue weighted by Gasteiger charge is 2.36. The number of phenols is 1. The molecule has 2 aromatic rings. The minimum Gasteiger partial charge on any atom is -0.508 e. The van der Waals surface area contributed by atoms with Crippen molar-refractivity contribution in [3.05, 3.63) is 65.0 Å². The first-order valence-electron chi connectivity index (χ1n) is 10.7. The van der Waals surface area contributed by atoms with Gasteiger partial charge in [0.05, 0.1) is 6.26 Å². The van der Waals surface area contributed by atoms with Crippen molar-refractivity contribution in [3.63, 3.8) is 0 Å². The topological polar surface area (TPSA) is 95.0 Å². The molecule has 1 N–H and O–H groups in total. The summed E-state index contributed by atoms with van der Waals surface area (Å²) in [6.45, 7) is 2.82. The number of hydrogen-bond donors (Lipinski definition) is 1. The van der Waals surface area contributed by atoms with Crippen LogP contribution in [0, 0.1) is 24.6 Å². The van der Waals surface area contributed by atoms with E-state index in [4.69, 9.17) is 0 Å². The molecule has 1 aliphatic rings. The molecule has 1 heterocycles. The van der Waals surface area contributed by atoms with Crippen LogP contribution in [0.5, 0.6) is 5.75 Å². The van der Waals surface area contributed by atoms with E-state index in [-0.39, 0.29) is 29.4 Å². The molecule has 3 rings (SSSR count). The van der Waals surface area contributed by atoms with Crippen molar-refractivity contribution in [2.45, 2.75) is 13.3 Å². The highest BCUT2D eigenvalue weighted by molar-refractivity contribution is 7.88. The number of rotatable bonds is 8. The van der Waals surface area contributed by atoms with Crippen LogP contribution in [-0.4, -0.2) is 73.8 Å². The summed E-state index contributed by atoms with van der Waals surface area (Å²) in [6.07, 6.45) is 1.41. The van der Waals surface area contributed by atoms with Gasteiger partial charge in [-0.1, -0.05) is 24.3 Å². The molecule has 2 aromatic carbocycles. The predicted octanol–water partition coefficient (Wildman–Crippen LogP) is 2.73. The van der Waals surface area contributed by atoms with Gasteiger partial charge in [0.2, 0.25) is 10.0 Å². The number of ketones is 2. The first-order valence-corrected chi connectivity index (χ1v) is 12.6. The summed E-state index contributed by atoms with van der Waals surface area (Å²) in [5.41, 5.74) is 0.911. The van der Waals surface area contributed by atoms with Gasteiger partial charge in [-0.3, -0.25) is 9.59 Å². The molecule has 0 saturated carbocycles. The lowest BCUT2D eigenvalue weighted by Gasteiger charge is -2.37. The molecule has 1 saturated heterocycles. The van der Waals surface area contributed by atoms with E-state index in [0.29, 0.717) is 37.2 Å². The number of phenolic OH excluding ortho intramolecular Hbond substituents is 1. The maximum atomic E-state index is 14.1. The number of sulfonamides is 1. The van der Waals surface area contributed by atoms with Gasteiger partial charge < -0.3 is 10.0 Å². The molecule has 2 unspecified atom stereocenters. The Labute approximate surface area is 193 Å². The average molecular weight is 477 g/mol. The summed E-state index contributed by atoms with van der Waals surface area (Å²) in [6, 6.07) is 10.5. The highest BCUT2D eigenvalue weighted by Crippen LogP contribution is 2.29. The average Bonchev–Trinajstić information content (AvgIpc) is 2.77. The lowest BCUT2D eigenvalue weighted by molar-refractivity contribution is 0.0644. The Morgan fingerprint density at radius 1 is 1.12 bits per heavy atom. The van der Waals surface area contributed by atoms with Crippen LogP contribution >= 0.6 is 0 Å². The second kappa shape index (κ2) is 10.1. The fourth-order valence-corrected chi connectivity index (χ4v) is 4.60. The summed E-state index contributed by atoms with van der Waals surface area (Å²) < 4.78 is 38.8. The number of benzene rings is 2. The number of Topliss-reactive ketones (excluding diaryl/α,β-unsaturated/α-hetero) is 2. The largest absolute Gasteiger partial charge is 0.508 e. The molecule has 178 valence electrons. The van der Waals surface area contributed by atoms with Gasteiger partial charge >= 0.3 is 0 Å². The third kappa shape index (κ3) is 6.04. The van der Waals surface area contributed by atoms with Gasteiger partial charge in [0.15, 0.2) is 11.6 Å². The molecule has 1 fully saturated rings. The van der Waals surface area contributed by atoms with Crippen LogP contribution in [0.2, 0.25) is 0 Å². The second-order valence-corrected chi connectivity index (χ2v) is 10.8. The fourth-order valence-electron chi connectivity index (χ4n) is 4.19. The van der Waals surface area contributed by atoms with Crippen LogP contribution in [0.3, 0.4) is 0 Å². The zero-order valence-corrected chi connectivity index (χ0v) is 19.8. The minimum absolute atomic E-state index is 0.0219. The van der Waals surface area contributed by atoms with E-state index in [2.05, 4.69) is 0 Å². The van der Waals surface area contributed by atoms with E-state index in [9.17, 15) is 27.5 Å². The van der Waals surface area contributed by atoms with E-state index in [1.54, 1.807) is 25.1 Å². The third-order valence-electron chi connectivity index (χ3n) is 6.23. The van der Waals surface area contributed by atoms with Crippen LogP contribution in [0.15, 0.2) is 42.5 Å². The molecule has 33 heavy (non-hydrogen) atoms. The first-order chi connectivity index (χ1) is 15.5. The summed E-state index contributed by atoms with van der Waals surface area (Å²) in [4.78, 5) is 28.4. The van der Waals surface area contributed by atoms with Gasteiger partial charge in [0, 0.05) is 56.2 Å². The second-order valence-electron chi connectivity index (χ2n) is 8.66. The maximum absolute atomic E-state index is 14.1. The number of likely N-dealkylation sites (tertiary alicyclic amines) is 1. The van der Waals surface area contributed by atoms with Crippen LogP contribution in [0.25, 0.3) is 0 Å². The highest BCUT2D eigenvalue weighted by atomic mass is 32.2. The third-order valence-corrected chi connectivity index (χ3v) is 7.54. The van der Waals surface area contributed by atoms with Crippen molar-refractivity contribution in [1.82, 2.24) is 9.21 Å². The van der Waals surface area contributed by atoms with Crippen LogP contribution < -0.4 is 0 Å². The summed E-state index contributed by atoms with van der Waals surface area (Å²) in [7, 11) is -1.88. The monoisotopic (exact) mass is 476 g/mol. The van der Waals surface area contributed by atoms with Crippen molar-refractivity contribution in [2.24, 2.45) is 11.8 Å². The molecule has 1 aliphatic heterocycles. The van der Waals surface area contributed by atoms with Crippen LogP contribution in [-0.2, 0) is 10.0 Å². The molecule has 0 spiro atoms. The van der Waals surface area contributed by atoms with Gasteiger partial charge in [-0.2, -0.15) is 0 Å². The lowest BCUT2D eigenvalue weighted by atomic mass is 9.80. The quantitative estimate of drug-likeness (QED) is 0.589. The Morgan fingerprint density at radius 3 is 2.39 bits per heavy atom. The SMILES string of the molecule is Cc1c(F)cccc1C(=O)C1CC(C(=O)c2cccc(O)c2)CN(CCN(C)S(C)(=O)=O)C1. The van der Waals surface area contributed by atoms with Crippen molar-refractivity contribution < 1.29 is 27.5 Å². The first kappa shape index (κ1) is 25.0. The molecule has 0 bridgehead atoms. The molecule has 0 radical (unpaired) electrons. The van der Waals surface area contributed by atoms with E-state index in [1.807, 2.05) is 4.90 Å². The lowest BCUT2D eigenvalue weighted by Crippen LogP contribution is -2.48. The van der Waals surface area contributed by atoms with E-state index in [1.165, 1.54) is 35.6 Å². The Bertz CT molecular complexity index is 1150. The molecule has 0 amide bonds. The number of aromatic hydroxyl groups is 1. The van der Waals surface area contributed by atoms with E-state index >= 15 is 0 Å². The van der Waals surface area contributed by atoms with Gasteiger partial charge in [-0.05, 0) is 37.1 Å². The fraction of sp³-hybridized carbons (Fsp3) is 0.417. The van der Waals surface area contributed by atoms with Crippen molar-refractivity contribution in [2.75, 3.05) is 39.5 Å². The van der Waals surface area contributed by atoms with Crippen LogP contribution in [0.4, 0.5) is 4.39 Å². The minimum atomic E-state index is -3.36. The standard InChI is InChI=1S/C24H29FN2O5S/c1-16-21(8-5-9-22(16)25)24(30)19-12-18(23(29)17-6-4-7-20(28)13-17)14-27(15-19)11-10-26(2)33(3,31)32/h4-9,13,18-19,28H,10-12,14-15H2,1-3H3. The summed E-state index contributed by atoms with van der Waals surface area (Å²) in [5.74, 6) is -1.98. The Morgan fingerprint density at radius 2 is 1.76 bits per heavy atom. The van der Waals surface area contributed by atoms with Gasteiger partial charge in [-0.15, -0.1) is 0 Å². The van der Waals surface area contributed by atoms with Crippen molar-refractivity contribution >= 4 is 21.6 Å². The van der Waals surface area contributed by atoms with E-state index in [0.717, 1.165) is 6.26 Å². The normalized spacial score (nSPS) is 19.5.